The van der Waals surface area contributed by atoms with Crippen molar-refractivity contribution in [2.45, 2.75) is 12.6 Å². The Balaban J connectivity index is 2.19. The predicted molar refractivity (Wildman–Crippen MR) is 78.8 cm³/mol. The van der Waals surface area contributed by atoms with Crippen LogP contribution < -0.4 is 11.1 Å². The van der Waals surface area contributed by atoms with Gasteiger partial charge in [0.05, 0.1) is 23.4 Å². The van der Waals surface area contributed by atoms with Crippen molar-refractivity contribution in [3.63, 3.8) is 0 Å². The number of amides is 1. The molecule has 0 spiro atoms. The summed E-state index contributed by atoms with van der Waals surface area (Å²) in [6, 6.07) is 5.15. The Morgan fingerprint density at radius 2 is 2.25 bits per heavy atom. The van der Waals surface area contributed by atoms with E-state index in [2.05, 4.69) is 10.3 Å². The zero-order valence-corrected chi connectivity index (χ0v) is 12.2. The molecule has 0 saturated carbocycles. The smallest absolute Gasteiger partial charge is 0.245 e. The van der Waals surface area contributed by atoms with Crippen molar-refractivity contribution in [2.75, 3.05) is 26.1 Å². The van der Waals surface area contributed by atoms with Gasteiger partial charge in [0.1, 0.15) is 6.04 Å². The van der Waals surface area contributed by atoms with E-state index in [9.17, 15) is 4.79 Å². The minimum absolute atomic E-state index is 0.172. The Morgan fingerprint density at radius 1 is 1.45 bits per heavy atom. The number of hydrogen-bond donors (Lipinski definition) is 2. The number of hydrogen-bond acceptors (Lipinski definition) is 6. The molecule has 0 radical (unpaired) electrons. The Hall–Kier alpha value is -1.54. The molecular weight excluding hydrogens is 278 g/mol. The van der Waals surface area contributed by atoms with Crippen LogP contribution in [0, 0.1) is 0 Å². The van der Waals surface area contributed by atoms with Crippen LogP contribution in [0.4, 0.5) is 5.13 Å². The topological polar surface area (TPSA) is 86.5 Å². The summed E-state index contributed by atoms with van der Waals surface area (Å²) in [7, 11) is 3.14. The number of ether oxygens (including phenoxy) is 2. The van der Waals surface area contributed by atoms with Crippen molar-refractivity contribution in [3.8, 4) is 0 Å². The third-order valence-electron chi connectivity index (χ3n) is 2.72. The molecule has 0 aliphatic heterocycles. The fourth-order valence-electron chi connectivity index (χ4n) is 1.78. The summed E-state index contributed by atoms with van der Waals surface area (Å²) in [4.78, 5) is 16.2. The van der Waals surface area contributed by atoms with Gasteiger partial charge in [-0.15, -0.1) is 0 Å². The van der Waals surface area contributed by atoms with Crippen LogP contribution in [0.3, 0.4) is 0 Å². The minimum atomic E-state index is -0.703. The number of aromatic nitrogens is 1. The largest absolute Gasteiger partial charge is 0.383 e. The van der Waals surface area contributed by atoms with Gasteiger partial charge in [-0.1, -0.05) is 23.5 Å². The van der Waals surface area contributed by atoms with Crippen LogP contribution in [0.2, 0.25) is 0 Å². The number of nitrogens with zero attached hydrogens (tertiary/aromatic N) is 1. The summed E-state index contributed by atoms with van der Waals surface area (Å²) >= 11 is 1.41. The zero-order chi connectivity index (χ0) is 14.5. The minimum Gasteiger partial charge on any atom is -0.383 e. The molecule has 0 bridgehead atoms. The summed E-state index contributed by atoms with van der Waals surface area (Å²) in [6.07, 6.45) is 0. The number of rotatable bonds is 6. The molecule has 6 nitrogen and oxygen atoms in total. The van der Waals surface area contributed by atoms with E-state index in [1.54, 1.807) is 7.11 Å². The van der Waals surface area contributed by atoms with Gasteiger partial charge in [-0.2, -0.15) is 0 Å². The molecule has 1 unspecified atom stereocenters. The van der Waals surface area contributed by atoms with Gasteiger partial charge in [0, 0.05) is 19.8 Å². The highest BCUT2D eigenvalue weighted by atomic mass is 32.1. The number of fused-ring (bicyclic) bond motifs is 1. The van der Waals surface area contributed by atoms with Crippen LogP contribution in [0.1, 0.15) is 5.56 Å². The Morgan fingerprint density at radius 3 is 2.95 bits per heavy atom. The molecule has 0 saturated heterocycles. The van der Waals surface area contributed by atoms with Crippen LogP contribution in [0.5, 0.6) is 0 Å². The summed E-state index contributed by atoms with van der Waals surface area (Å²) in [5, 5.41) is 3.24. The van der Waals surface area contributed by atoms with Crippen molar-refractivity contribution in [1.29, 1.82) is 0 Å². The van der Waals surface area contributed by atoms with Gasteiger partial charge >= 0.3 is 0 Å². The number of nitrogens with two attached hydrogens (primary N) is 1. The number of nitrogens with one attached hydrogen (secondary N) is 1. The molecule has 3 N–H and O–H groups in total. The summed E-state index contributed by atoms with van der Waals surface area (Å²) in [5.74, 6) is -0.306. The zero-order valence-electron chi connectivity index (χ0n) is 11.4. The number of para-hydroxylation sites is 1. The highest BCUT2D eigenvalue weighted by Crippen LogP contribution is 2.28. The molecule has 1 heterocycles. The predicted octanol–water partition coefficient (Wildman–Crippen LogP) is 1.35. The monoisotopic (exact) mass is 295 g/mol. The fraction of sp³-hybridized carbons (Fsp3) is 0.385. The van der Waals surface area contributed by atoms with Gasteiger partial charge in [-0.05, 0) is 6.07 Å². The summed E-state index contributed by atoms with van der Waals surface area (Å²) in [6.45, 7) is 0.656. The number of carbonyl (C=O) groups is 1. The fourth-order valence-corrected chi connectivity index (χ4v) is 2.70. The van der Waals surface area contributed by atoms with Crippen LogP contribution in [0.25, 0.3) is 10.2 Å². The van der Waals surface area contributed by atoms with E-state index < -0.39 is 6.04 Å². The Kier molecular flexibility index (Phi) is 5.02. The third kappa shape index (κ3) is 3.31. The maximum atomic E-state index is 11.8. The lowest BCUT2D eigenvalue weighted by atomic mass is 10.2. The summed E-state index contributed by atoms with van der Waals surface area (Å²) < 4.78 is 11.0. The van der Waals surface area contributed by atoms with Gasteiger partial charge in [-0.3, -0.25) is 4.79 Å². The first-order valence-electron chi connectivity index (χ1n) is 6.08. The molecular formula is C13H17N3O3S. The molecule has 1 aromatic heterocycles. The van der Waals surface area contributed by atoms with Crippen LogP contribution in [-0.4, -0.2) is 37.8 Å². The molecule has 108 valence electrons. The first-order valence-corrected chi connectivity index (χ1v) is 6.90. The SMILES string of the molecule is COCc1cccc2sc(NC(=O)C(N)COC)nc12. The quantitative estimate of drug-likeness (QED) is 0.840. The lowest BCUT2D eigenvalue weighted by Gasteiger charge is -2.08. The second-order valence-corrected chi connectivity index (χ2v) is 5.30. The van der Waals surface area contributed by atoms with Crippen molar-refractivity contribution >= 4 is 32.6 Å². The van der Waals surface area contributed by atoms with Gasteiger partial charge in [0.2, 0.25) is 5.91 Å². The molecule has 0 aliphatic carbocycles. The molecule has 20 heavy (non-hydrogen) atoms. The van der Waals surface area contributed by atoms with Gasteiger partial charge in [-0.25, -0.2) is 4.98 Å². The molecule has 2 aromatic rings. The molecule has 1 atom stereocenters. The first-order chi connectivity index (χ1) is 9.65. The lowest BCUT2D eigenvalue weighted by molar-refractivity contribution is -0.118. The lowest BCUT2D eigenvalue weighted by Crippen LogP contribution is -2.39. The van der Waals surface area contributed by atoms with Gasteiger partial charge < -0.3 is 20.5 Å². The van der Waals surface area contributed by atoms with Crippen LogP contribution in [0.15, 0.2) is 18.2 Å². The van der Waals surface area contributed by atoms with Gasteiger partial charge in [0.15, 0.2) is 5.13 Å². The van der Waals surface area contributed by atoms with Crippen molar-refractivity contribution in [3.05, 3.63) is 23.8 Å². The average molecular weight is 295 g/mol. The third-order valence-corrected chi connectivity index (χ3v) is 3.65. The Bertz CT molecular complexity index is 600. The molecule has 0 aliphatic rings. The number of benzene rings is 1. The summed E-state index contributed by atoms with van der Waals surface area (Å²) in [5.41, 5.74) is 7.50. The van der Waals surface area contributed by atoms with E-state index in [-0.39, 0.29) is 12.5 Å². The number of thiazole rings is 1. The molecule has 1 aromatic carbocycles. The highest BCUT2D eigenvalue weighted by Gasteiger charge is 2.16. The maximum Gasteiger partial charge on any atom is 0.245 e. The van der Waals surface area contributed by atoms with Crippen molar-refractivity contribution in [1.82, 2.24) is 4.98 Å². The molecule has 1 amide bonds. The second-order valence-electron chi connectivity index (χ2n) is 4.27. The second kappa shape index (κ2) is 6.76. The van der Waals surface area contributed by atoms with E-state index in [4.69, 9.17) is 15.2 Å². The maximum absolute atomic E-state index is 11.8. The van der Waals surface area contributed by atoms with E-state index in [1.807, 2.05) is 18.2 Å². The molecule has 2 rings (SSSR count). The van der Waals surface area contributed by atoms with E-state index in [1.165, 1.54) is 18.4 Å². The standard InChI is InChI=1S/C13H17N3O3S/c1-18-6-8-4-3-5-10-11(8)15-13(20-10)16-12(17)9(14)7-19-2/h3-5,9H,6-7,14H2,1-2H3,(H,15,16,17). The number of anilines is 1. The van der Waals surface area contributed by atoms with E-state index in [0.717, 1.165) is 15.8 Å². The normalized spacial score (nSPS) is 12.6. The van der Waals surface area contributed by atoms with Crippen LogP contribution in [-0.2, 0) is 20.9 Å². The van der Waals surface area contributed by atoms with Crippen LogP contribution >= 0.6 is 11.3 Å². The van der Waals surface area contributed by atoms with Crippen molar-refractivity contribution < 1.29 is 14.3 Å². The highest BCUT2D eigenvalue weighted by molar-refractivity contribution is 7.22. The molecule has 0 fully saturated rings. The van der Waals surface area contributed by atoms with Crippen molar-refractivity contribution in [2.24, 2.45) is 5.73 Å². The Labute approximate surface area is 120 Å². The van der Waals surface area contributed by atoms with Gasteiger partial charge in [0.25, 0.3) is 0 Å². The average Bonchev–Trinajstić information content (AvgIpc) is 2.82. The van der Waals surface area contributed by atoms with E-state index >= 15 is 0 Å². The number of carbonyl (C=O) groups excluding carboxylic acids is 1. The first kappa shape index (κ1) is 14.9. The molecule has 7 heteroatoms. The number of methoxy groups -OCH3 is 2. The van der Waals surface area contributed by atoms with E-state index in [0.29, 0.717) is 11.7 Å².